The lowest BCUT2D eigenvalue weighted by molar-refractivity contribution is -0.114. The zero-order chi connectivity index (χ0) is 15.2. The van der Waals surface area contributed by atoms with Crippen LogP contribution in [0.3, 0.4) is 0 Å². The van der Waals surface area contributed by atoms with Crippen LogP contribution in [0.25, 0.3) is 0 Å². The van der Waals surface area contributed by atoms with Gasteiger partial charge in [0, 0.05) is 18.3 Å². The molecule has 2 rings (SSSR count). The molecule has 0 unspecified atom stereocenters. The Morgan fingerprint density at radius 1 is 1.00 bits per heavy atom. The van der Waals surface area contributed by atoms with E-state index in [2.05, 4.69) is 16.0 Å². The molecular formula is C14H13N3O4. The largest absolute Gasteiger partial charge is 0.459 e. The van der Waals surface area contributed by atoms with Crippen molar-refractivity contribution in [3.8, 4) is 0 Å². The molecule has 0 spiro atoms. The summed E-state index contributed by atoms with van der Waals surface area (Å²) in [6.45, 7) is 1.38. The van der Waals surface area contributed by atoms with Crippen molar-refractivity contribution in [2.45, 2.75) is 6.92 Å². The summed E-state index contributed by atoms with van der Waals surface area (Å²) in [5, 5.41) is 7.19. The number of benzene rings is 1. The lowest BCUT2D eigenvalue weighted by Crippen LogP contribution is -2.34. The van der Waals surface area contributed by atoms with Gasteiger partial charge in [-0.25, -0.2) is 4.79 Å². The quantitative estimate of drug-likeness (QED) is 0.805. The van der Waals surface area contributed by atoms with E-state index in [1.807, 2.05) is 0 Å². The monoisotopic (exact) mass is 287 g/mol. The lowest BCUT2D eigenvalue weighted by atomic mass is 10.2. The van der Waals surface area contributed by atoms with Gasteiger partial charge < -0.3 is 15.1 Å². The first-order valence-electron chi connectivity index (χ1n) is 6.08. The minimum Gasteiger partial charge on any atom is -0.459 e. The van der Waals surface area contributed by atoms with Gasteiger partial charge in [-0.05, 0) is 30.3 Å². The summed E-state index contributed by atoms with van der Waals surface area (Å²) in [6, 6.07) is 8.83. The van der Waals surface area contributed by atoms with Gasteiger partial charge in [0.05, 0.1) is 6.26 Å². The molecule has 1 heterocycles. The van der Waals surface area contributed by atoms with Gasteiger partial charge >= 0.3 is 6.03 Å². The zero-order valence-electron chi connectivity index (χ0n) is 11.2. The summed E-state index contributed by atoms with van der Waals surface area (Å²) in [5.41, 5.74) is 0.976. The highest BCUT2D eigenvalue weighted by Crippen LogP contribution is 2.14. The van der Waals surface area contributed by atoms with E-state index in [-0.39, 0.29) is 11.7 Å². The Kier molecular flexibility index (Phi) is 4.35. The molecule has 108 valence electrons. The molecule has 0 saturated carbocycles. The molecule has 0 radical (unpaired) electrons. The number of furan rings is 1. The third kappa shape index (κ3) is 4.20. The molecule has 0 aliphatic rings. The minimum atomic E-state index is -0.698. The molecule has 0 atom stereocenters. The Balaban J connectivity index is 1.96. The second-order valence-electron chi connectivity index (χ2n) is 4.15. The van der Waals surface area contributed by atoms with Gasteiger partial charge in [0.25, 0.3) is 5.91 Å². The molecule has 4 amide bonds. The number of rotatable bonds is 3. The van der Waals surface area contributed by atoms with Crippen LogP contribution in [0.5, 0.6) is 0 Å². The second kappa shape index (κ2) is 6.38. The Hall–Kier alpha value is -3.09. The van der Waals surface area contributed by atoms with Gasteiger partial charge in [-0.2, -0.15) is 0 Å². The predicted molar refractivity (Wildman–Crippen MR) is 75.9 cm³/mol. The average molecular weight is 287 g/mol. The van der Waals surface area contributed by atoms with Crippen LogP contribution in [0.4, 0.5) is 16.2 Å². The highest BCUT2D eigenvalue weighted by Gasteiger charge is 2.12. The third-order valence-electron chi connectivity index (χ3n) is 2.41. The van der Waals surface area contributed by atoms with E-state index in [0.29, 0.717) is 11.4 Å². The van der Waals surface area contributed by atoms with Crippen LogP contribution in [-0.2, 0) is 4.79 Å². The van der Waals surface area contributed by atoms with E-state index in [4.69, 9.17) is 4.42 Å². The number of carbonyl (C=O) groups excluding carboxylic acids is 3. The molecule has 7 nitrogen and oxygen atoms in total. The maximum Gasteiger partial charge on any atom is 0.326 e. The van der Waals surface area contributed by atoms with Crippen LogP contribution in [0.15, 0.2) is 47.1 Å². The minimum absolute atomic E-state index is 0.0390. The first-order chi connectivity index (χ1) is 10.0. The van der Waals surface area contributed by atoms with Crippen LogP contribution < -0.4 is 16.0 Å². The molecule has 0 fully saturated rings. The molecule has 3 N–H and O–H groups in total. The Bertz CT molecular complexity index is 665. The molecule has 0 saturated heterocycles. The van der Waals surface area contributed by atoms with E-state index < -0.39 is 11.9 Å². The topological polar surface area (TPSA) is 100 Å². The van der Waals surface area contributed by atoms with Crippen molar-refractivity contribution in [2.75, 3.05) is 10.6 Å². The van der Waals surface area contributed by atoms with Crippen molar-refractivity contribution in [2.24, 2.45) is 0 Å². The number of anilines is 2. The smallest absolute Gasteiger partial charge is 0.326 e. The second-order valence-corrected chi connectivity index (χ2v) is 4.15. The Morgan fingerprint density at radius 3 is 2.33 bits per heavy atom. The van der Waals surface area contributed by atoms with Gasteiger partial charge in [0.15, 0.2) is 5.76 Å². The maximum atomic E-state index is 11.7. The van der Waals surface area contributed by atoms with Crippen LogP contribution in [0.1, 0.15) is 17.5 Å². The van der Waals surface area contributed by atoms with Crippen LogP contribution in [0.2, 0.25) is 0 Å². The standard InChI is InChI=1S/C14H13N3O4/c1-9(18)15-10-4-2-5-11(8-10)16-14(20)17-13(19)12-6-3-7-21-12/h2-8H,1H3,(H,15,18)(H2,16,17,19,20). The highest BCUT2D eigenvalue weighted by molar-refractivity contribution is 6.06. The first kappa shape index (κ1) is 14.3. The SMILES string of the molecule is CC(=O)Nc1cccc(NC(=O)NC(=O)c2ccco2)c1. The lowest BCUT2D eigenvalue weighted by Gasteiger charge is -2.08. The fourth-order valence-corrected chi connectivity index (χ4v) is 1.61. The van der Waals surface area contributed by atoms with E-state index in [0.717, 1.165) is 0 Å². The van der Waals surface area contributed by atoms with Crippen LogP contribution in [-0.4, -0.2) is 17.8 Å². The van der Waals surface area contributed by atoms with E-state index in [9.17, 15) is 14.4 Å². The van der Waals surface area contributed by atoms with Crippen molar-refractivity contribution in [3.63, 3.8) is 0 Å². The summed E-state index contributed by atoms with van der Waals surface area (Å²) in [6.07, 6.45) is 1.34. The van der Waals surface area contributed by atoms with E-state index >= 15 is 0 Å². The summed E-state index contributed by atoms with van der Waals surface area (Å²) >= 11 is 0. The molecule has 21 heavy (non-hydrogen) atoms. The fourth-order valence-electron chi connectivity index (χ4n) is 1.61. The van der Waals surface area contributed by atoms with Gasteiger partial charge in [-0.15, -0.1) is 0 Å². The molecule has 0 aliphatic heterocycles. The number of amides is 4. The van der Waals surface area contributed by atoms with Gasteiger partial charge in [-0.1, -0.05) is 6.07 Å². The van der Waals surface area contributed by atoms with Crippen molar-refractivity contribution < 1.29 is 18.8 Å². The third-order valence-corrected chi connectivity index (χ3v) is 2.41. The molecule has 7 heteroatoms. The van der Waals surface area contributed by atoms with Crippen molar-refractivity contribution in [1.82, 2.24) is 5.32 Å². The Labute approximate surface area is 120 Å². The molecule has 0 bridgehead atoms. The summed E-state index contributed by atoms with van der Waals surface area (Å²) in [4.78, 5) is 34.2. The van der Waals surface area contributed by atoms with E-state index in [1.165, 1.54) is 19.3 Å². The van der Waals surface area contributed by atoms with Crippen LogP contribution >= 0.6 is 0 Å². The number of imide groups is 1. The predicted octanol–water partition coefficient (Wildman–Crippen LogP) is 2.20. The normalized spacial score (nSPS) is 9.76. The van der Waals surface area contributed by atoms with Crippen molar-refractivity contribution in [1.29, 1.82) is 0 Å². The molecular weight excluding hydrogens is 274 g/mol. The molecule has 1 aromatic carbocycles. The molecule has 1 aromatic heterocycles. The number of carbonyl (C=O) groups is 3. The summed E-state index contributed by atoms with van der Waals surface area (Å²) < 4.78 is 4.87. The summed E-state index contributed by atoms with van der Waals surface area (Å²) in [7, 11) is 0. The number of urea groups is 1. The van der Waals surface area contributed by atoms with E-state index in [1.54, 1.807) is 30.3 Å². The number of nitrogens with one attached hydrogen (secondary N) is 3. The Morgan fingerprint density at radius 2 is 1.71 bits per heavy atom. The molecule has 2 aromatic rings. The zero-order valence-corrected chi connectivity index (χ0v) is 11.2. The average Bonchev–Trinajstić information content (AvgIpc) is 2.91. The first-order valence-corrected chi connectivity index (χ1v) is 6.08. The number of hydrogen-bond acceptors (Lipinski definition) is 4. The van der Waals surface area contributed by atoms with Gasteiger partial charge in [0.1, 0.15) is 0 Å². The number of hydrogen-bond donors (Lipinski definition) is 3. The fraction of sp³-hybridized carbons (Fsp3) is 0.0714. The van der Waals surface area contributed by atoms with Crippen molar-refractivity contribution in [3.05, 3.63) is 48.4 Å². The van der Waals surface area contributed by atoms with Gasteiger partial charge in [0.2, 0.25) is 5.91 Å². The molecule has 0 aliphatic carbocycles. The summed E-state index contributed by atoms with van der Waals surface area (Å²) in [5.74, 6) is -0.822. The maximum absolute atomic E-state index is 11.7. The van der Waals surface area contributed by atoms with Crippen LogP contribution in [0, 0.1) is 0 Å². The van der Waals surface area contributed by atoms with Gasteiger partial charge in [-0.3, -0.25) is 14.9 Å². The highest BCUT2D eigenvalue weighted by atomic mass is 16.3. The van der Waals surface area contributed by atoms with Crippen molar-refractivity contribution >= 4 is 29.2 Å².